The third-order valence-corrected chi connectivity index (χ3v) is 6.63. The Bertz CT molecular complexity index is 1350. The Labute approximate surface area is 208 Å². The third kappa shape index (κ3) is 4.29. The van der Waals surface area contributed by atoms with Gasteiger partial charge in [0.15, 0.2) is 5.54 Å². The van der Waals surface area contributed by atoms with Crippen molar-refractivity contribution in [2.24, 2.45) is 0 Å². The number of methoxy groups -OCH3 is 1. The van der Waals surface area contributed by atoms with Crippen LogP contribution < -0.4 is 20.7 Å². The van der Waals surface area contributed by atoms with Gasteiger partial charge in [-0.3, -0.25) is 14.9 Å². The Hall–Kier alpha value is -3.89. The van der Waals surface area contributed by atoms with Crippen molar-refractivity contribution in [3.8, 4) is 5.75 Å². The van der Waals surface area contributed by atoms with Gasteiger partial charge in [-0.05, 0) is 55.6 Å². The van der Waals surface area contributed by atoms with Crippen LogP contribution in [-0.4, -0.2) is 68.5 Å². The van der Waals surface area contributed by atoms with Gasteiger partial charge >= 0.3 is 6.03 Å². The van der Waals surface area contributed by atoms with E-state index in [0.29, 0.717) is 30.0 Å². The Morgan fingerprint density at radius 1 is 1.14 bits per heavy atom. The van der Waals surface area contributed by atoms with Crippen LogP contribution in [0.25, 0.3) is 11.0 Å². The van der Waals surface area contributed by atoms with Gasteiger partial charge in [0.05, 0.1) is 13.7 Å². The van der Waals surface area contributed by atoms with Crippen LogP contribution in [0.3, 0.4) is 0 Å². The van der Waals surface area contributed by atoms with E-state index in [-0.39, 0.29) is 18.2 Å². The van der Waals surface area contributed by atoms with Crippen molar-refractivity contribution in [1.29, 1.82) is 0 Å². The van der Waals surface area contributed by atoms with Gasteiger partial charge in [0.25, 0.3) is 11.8 Å². The number of rotatable bonds is 9. The van der Waals surface area contributed by atoms with Crippen LogP contribution in [0, 0.1) is 0 Å². The second-order valence-corrected chi connectivity index (χ2v) is 9.46. The van der Waals surface area contributed by atoms with Crippen molar-refractivity contribution < 1.29 is 23.5 Å². The van der Waals surface area contributed by atoms with E-state index in [1.165, 1.54) is 0 Å². The first-order chi connectivity index (χ1) is 17.3. The van der Waals surface area contributed by atoms with Gasteiger partial charge in [-0.1, -0.05) is 12.1 Å². The minimum Gasteiger partial charge on any atom is -0.497 e. The van der Waals surface area contributed by atoms with E-state index in [4.69, 9.17) is 9.15 Å². The maximum atomic E-state index is 13.2. The maximum absolute atomic E-state index is 13.2. The molecular weight excluding hydrogens is 462 g/mol. The van der Waals surface area contributed by atoms with Crippen molar-refractivity contribution >= 4 is 28.8 Å². The number of nitrogens with zero attached hydrogens (tertiary/aromatic N) is 2. The zero-order chi connectivity index (χ0) is 25.4. The molecule has 36 heavy (non-hydrogen) atoms. The SMILES string of the molecule is COc1ccc2c(c1)C(=O)N(CC1(c3cc4cc(CNCCN(C)C)ccc4o3)NC(=O)NC1=O)C2. The average molecular weight is 492 g/mol. The van der Waals surface area contributed by atoms with Gasteiger partial charge in [0, 0.05) is 37.1 Å². The quantitative estimate of drug-likeness (QED) is 0.309. The standard InChI is InChI=1S/C26H29N5O5/c1-30(2)9-8-27-13-16-4-7-21-18(10-16)11-22(36-21)26(24(33)28-25(34)29-26)15-31-14-17-5-6-19(35-3)12-20(17)23(31)32/h4-7,10-12,27H,8-9,13-15H2,1-3H3,(H2,28,29,33,34). The second kappa shape index (κ2) is 9.29. The number of ether oxygens (including phenoxy) is 1. The molecule has 3 aromatic rings. The lowest BCUT2D eigenvalue weighted by molar-refractivity contribution is -0.125. The fourth-order valence-corrected chi connectivity index (χ4v) is 4.68. The predicted molar refractivity (Wildman–Crippen MR) is 133 cm³/mol. The number of carbonyl (C=O) groups excluding carboxylic acids is 3. The lowest BCUT2D eigenvalue weighted by atomic mass is 9.95. The Morgan fingerprint density at radius 3 is 2.69 bits per heavy atom. The summed E-state index contributed by atoms with van der Waals surface area (Å²) in [7, 11) is 5.60. The molecular formula is C26H29N5O5. The molecule has 1 unspecified atom stereocenters. The number of carbonyl (C=O) groups is 3. The molecule has 1 atom stereocenters. The Morgan fingerprint density at radius 2 is 1.97 bits per heavy atom. The topological polar surface area (TPSA) is 116 Å². The average Bonchev–Trinajstić information content (AvgIpc) is 3.50. The highest BCUT2D eigenvalue weighted by Crippen LogP contribution is 2.35. The van der Waals surface area contributed by atoms with E-state index < -0.39 is 17.5 Å². The van der Waals surface area contributed by atoms with E-state index in [2.05, 4.69) is 20.9 Å². The monoisotopic (exact) mass is 491 g/mol. The lowest BCUT2D eigenvalue weighted by Gasteiger charge is -2.29. The summed E-state index contributed by atoms with van der Waals surface area (Å²) in [4.78, 5) is 42.2. The minimum absolute atomic E-state index is 0.0703. The molecule has 0 radical (unpaired) electrons. The van der Waals surface area contributed by atoms with Crippen LogP contribution in [0.1, 0.15) is 27.2 Å². The number of fused-ring (bicyclic) bond motifs is 2. The lowest BCUT2D eigenvalue weighted by Crippen LogP contribution is -2.52. The van der Waals surface area contributed by atoms with Crippen LogP contribution in [0.5, 0.6) is 5.75 Å². The molecule has 2 aliphatic heterocycles. The van der Waals surface area contributed by atoms with Crippen LogP contribution >= 0.6 is 0 Å². The molecule has 10 nitrogen and oxygen atoms in total. The highest BCUT2D eigenvalue weighted by Gasteiger charge is 2.53. The van der Waals surface area contributed by atoms with E-state index in [1.807, 2.05) is 38.4 Å². The fourth-order valence-electron chi connectivity index (χ4n) is 4.68. The van der Waals surface area contributed by atoms with Crippen LogP contribution in [0.15, 0.2) is 46.9 Å². The summed E-state index contributed by atoms with van der Waals surface area (Å²) in [6, 6.07) is 12.3. The third-order valence-electron chi connectivity index (χ3n) is 6.63. The van der Waals surface area contributed by atoms with Crippen LogP contribution in [0.2, 0.25) is 0 Å². The number of amides is 4. The van der Waals surface area contributed by atoms with Gasteiger partial charge in [-0.2, -0.15) is 0 Å². The summed E-state index contributed by atoms with van der Waals surface area (Å²) < 4.78 is 11.3. The normalized spacial score (nSPS) is 19.2. The summed E-state index contributed by atoms with van der Waals surface area (Å²) in [6.45, 7) is 2.72. The first kappa shape index (κ1) is 23.8. The van der Waals surface area contributed by atoms with Gasteiger partial charge in [-0.15, -0.1) is 0 Å². The Balaban J connectivity index is 1.42. The number of imide groups is 1. The van der Waals surface area contributed by atoms with E-state index >= 15 is 0 Å². The number of hydrogen-bond donors (Lipinski definition) is 3. The summed E-state index contributed by atoms with van der Waals surface area (Å²) in [5.74, 6) is 0.0626. The molecule has 0 spiro atoms. The highest BCUT2D eigenvalue weighted by atomic mass is 16.5. The van der Waals surface area contributed by atoms with Crippen LogP contribution in [0.4, 0.5) is 4.79 Å². The molecule has 4 amide bonds. The van der Waals surface area contributed by atoms with E-state index in [1.54, 1.807) is 30.2 Å². The van der Waals surface area contributed by atoms with Crippen molar-refractivity contribution in [1.82, 2.24) is 25.8 Å². The van der Waals surface area contributed by atoms with Gasteiger partial charge in [-0.25, -0.2) is 4.79 Å². The first-order valence-electron chi connectivity index (χ1n) is 11.8. The molecule has 1 aromatic heterocycles. The van der Waals surface area contributed by atoms with E-state index in [0.717, 1.165) is 29.6 Å². The molecule has 3 heterocycles. The van der Waals surface area contributed by atoms with Crippen LogP contribution in [-0.2, 0) is 23.4 Å². The molecule has 2 aromatic carbocycles. The molecule has 5 rings (SSSR count). The molecule has 0 aliphatic carbocycles. The van der Waals surface area contributed by atoms with Gasteiger partial charge in [0.2, 0.25) is 0 Å². The van der Waals surface area contributed by atoms with Crippen molar-refractivity contribution in [2.45, 2.75) is 18.6 Å². The molecule has 1 saturated heterocycles. The fraction of sp³-hybridized carbons (Fsp3) is 0.346. The number of urea groups is 1. The Kier molecular flexibility index (Phi) is 6.15. The van der Waals surface area contributed by atoms with Crippen molar-refractivity contribution in [2.75, 3.05) is 40.8 Å². The van der Waals surface area contributed by atoms with E-state index in [9.17, 15) is 14.4 Å². The number of benzene rings is 2. The summed E-state index contributed by atoms with van der Waals surface area (Å²) in [5, 5.41) is 9.26. The minimum atomic E-state index is -1.54. The number of nitrogens with one attached hydrogen (secondary N) is 3. The summed E-state index contributed by atoms with van der Waals surface area (Å²) in [5.41, 5.74) is 1.47. The zero-order valence-electron chi connectivity index (χ0n) is 20.5. The molecule has 2 aliphatic rings. The first-order valence-corrected chi connectivity index (χ1v) is 11.8. The summed E-state index contributed by atoms with van der Waals surface area (Å²) in [6.07, 6.45) is 0. The molecule has 188 valence electrons. The molecule has 0 saturated carbocycles. The maximum Gasteiger partial charge on any atom is 0.322 e. The molecule has 1 fully saturated rings. The highest BCUT2D eigenvalue weighted by molar-refractivity contribution is 6.08. The predicted octanol–water partition coefficient (Wildman–Crippen LogP) is 1.78. The largest absolute Gasteiger partial charge is 0.497 e. The zero-order valence-corrected chi connectivity index (χ0v) is 20.5. The summed E-state index contributed by atoms with van der Waals surface area (Å²) >= 11 is 0. The molecule has 0 bridgehead atoms. The van der Waals surface area contributed by atoms with Crippen molar-refractivity contribution in [3.63, 3.8) is 0 Å². The number of hydrogen-bond acceptors (Lipinski definition) is 7. The molecule has 3 N–H and O–H groups in total. The number of likely N-dealkylation sites (N-methyl/N-ethyl adjacent to an activating group) is 1. The smallest absolute Gasteiger partial charge is 0.322 e. The number of furan rings is 1. The van der Waals surface area contributed by atoms with Gasteiger partial charge in [0.1, 0.15) is 17.1 Å². The molecule has 10 heteroatoms. The van der Waals surface area contributed by atoms with Crippen molar-refractivity contribution in [3.05, 3.63) is 64.9 Å². The van der Waals surface area contributed by atoms with Gasteiger partial charge < -0.3 is 29.6 Å². The second-order valence-electron chi connectivity index (χ2n) is 9.46.